The summed E-state index contributed by atoms with van der Waals surface area (Å²) in [5, 5.41) is 3.45. The lowest BCUT2D eigenvalue weighted by Gasteiger charge is -2.21. The number of methoxy groups -OCH3 is 1. The van der Waals surface area contributed by atoms with Crippen molar-refractivity contribution in [3.05, 3.63) is 86.3 Å². The topological polar surface area (TPSA) is 60.3 Å². The van der Waals surface area contributed by atoms with Crippen molar-refractivity contribution in [2.24, 2.45) is 0 Å². The zero-order valence-electron chi connectivity index (χ0n) is 18.4. The van der Waals surface area contributed by atoms with E-state index in [0.29, 0.717) is 17.1 Å². The molecule has 5 nitrogen and oxygen atoms in total. The SMILES string of the molecule is COc1ccccc1C1Cc2c(C(=O)NC(C)C)c(=O)cc(C)n2-c2ccc(Cl)cc2S1. The lowest BCUT2D eigenvalue weighted by Crippen LogP contribution is -2.36. The molecule has 2 heterocycles. The Kier molecular flexibility index (Phi) is 6.35. The number of halogens is 1. The van der Waals surface area contributed by atoms with Crippen molar-refractivity contribution in [3.63, 3.8) is 0 Å². The molecule has 3 aromatic rings. The number of aromatic nitrogens is 1. The number of para-hydroxylation sites is 1. The number of nitrogens with zero attached hydrogens (tertiary/aromatic N) is 1. The van der Waals surface area contributed by atoms with Crippen molar-refractivity contribution in [3.8, 4) is 11.4 Å². The molecule has 0 aliphatic carbocycles. The molecular weight excluding hydrogens is 444 g/mol. The standard InChI is InChI=1S/C25H25ClN2O3S/c1-14(2)27-25(30)24-19-13-22(17-7-5-6-8-21(17)31-4)32-23-12-16(26)9-10-18(23)28(19)15(3)11-20(24)29/h5-12,14,22H,13H2,1-4H3,(H,27,30). The number of benzene rings is 2. The molecule has 0 radical (unpaired) electrons. The number of carbonyl (C=O) groups excluding carboxylic acids is 1. The van der Waals surface area contributed by atoms with E-state index >= 15 is 0 Å². The molecule has 0 bridgehead atoms. The highest BCUT2D eigenvalue weighted by Gasteiger charge is 2.30. The molecule has 0 saturated carbocycles. The maximum atomic E-state index is 13.1. The average molecular weight is 469 g/mol. The summed E-state index contributed by atoms with van der Waals surface area (Å²) < 4.78 is 7.65. The van der Waals surface area contributed by atoms with Gasteiger partial charge in [0.1, 0.15) is 11.3 Å². The van der Waals surface area contributed by atoms with Crippen LogP contribution in [0, 0.1) is 6.92 Å². The fraction of sp³-hybridized carbons (Fsp3) is 0.280. The number of hydrogen-bond acceptors (Lipinski definition) is 4. The van der Waals surface area contributed by atoms with E-state index in [2.05, 4.69) is 5.32 Å². The van der Waals surface area contributed by atoms with Gasteiger partial charge in [0.05, 0.1) is 12.8 Å². The van der Waals surface area contributed by atoms with Crippen LogP contribution in [0.5, 0.6) is 5.75 Å². The van der Waals surface area contributed by atoms with Crippen LogP contribution in [0.4, 0.5) is 0 Å². The van der Waals surface area contributed by atoms with Crippen LogP contribution in [-0.4, -0.2) is 23.6 Å². The van der Waals surface area contributed by atoms with Crippen LogP contribution in [0.3, 0.4) is 0 Å². The van der Waals surface area contributed by atoms with Gasteiger partial charge in [-0.3, -0.25) is 9.59 Å². The van der Waals surface area contributed by atoms with E-state index in [9.17, 15) is 9.59 Å². The first-order chi connectivity index (χ1) is 15.3. The maximum Gasteiger partial charge on any atom is 0.257 e. The summed E-state index contributed by atoms with van der Waals surface area (Å²) >= 11 is 8.01. The van der Waals surface area contributed by atoms with Crippen LogP contribution in [0.2, 0.25) is 5.02 Å². The van der Waals surface area contributed by atoms with Gasteiger partial charge in [0.15, 0.2) is 5.43 Å². The van der Waals surface area contributed by atoms with Crippen molar-refractivity contribution >= 4 is 29.3 Å². The van der Waals surface area contributed by atoms with Crippen LogP contribution in [0.1, 0.15) is 46.4 Å². The van der Waals surface area contributed by atoms with Crippen LogP contribution >= 0.6 is 23.4 Å². The minimum atomic E-state index is -0.352. The van der Waals surface area contributed by atoms with Crippen LogP contribution < -0.4 is 15.5 Å². The van der Waals surface area contributed by atoms with Crippen molar-refractivity contribution in [1.82, 2.24) is 9.88 Å². The molecule has 0 saturated heterocycles. The summed E-state index contributed by atoms with van der Waals surface area (Å²) in [4.78, 5) is 27.2. The van der Waals surface area contributed by atoms with Gasteiger partial charge in [0.25, 0.3) is 5.91 Å². The Labute approximate surface area is 196 Å². The van der Waals surface area contributed by atoms with Gasteiger partial charge in [-0.05, 0) is 45.0 Å². The normalized spacial score (nSPS) is 15.0. The van der Waals surface area contributed by atoms with Gasteiger partial charge in [-0.15, -0.1) is 11.8 Å². The molecule has 1 N–H and O–H groups in total. The predicted molar refractivity (Wildman–Crippen MR) is 130 cm³/mol. The summed E-state index contributed by atoms with van der Waals surface area (Å²) in [7, 11) is 1.65. The van der Waals surface area contributed by atoms with Crippen LogP contribution in [0.25, 0.3) is 5.69 Å². The molecule has 166 valence electrons. The monoisotopic (exact) mass is 468 g/mol. The molecule has 7 heteroatoms. The summed E-state index contributed by atoms with van der Waals surface area (Å²) in [6, 6.07) is 15.0. The first-order valence-corrected chi connectivity index (χ1v) is 11.7. The quantitative estimate of drug-likeness (QED) is 0.561. The van der Waals surface area contributed by atoms with Gasteiger partial charge in [-0.1, -0.05) is 29.8 Å². The molecule has 1 atom stereocenters. The molecule has 2 aromatic carbocycles. The second kappa shape index (κ2) is 9.04. The molecule has 32 heavy (non-hydrogen) atoms. The number of pyridine rings is 1. The Morgan fingerprint density at radius 1 is 1.22 bits per heavy atom. The average Bonchev–Trinajstić information content (AvgIpc) is 2.89. The molecule has 1 aliphatic heterocycles. The molecule has 0 fully saturated rings. The van der Waals surface area contributed by atoms with E-state index in [1.165, 1.54) is 6.07 Å². The number of hydrogen-bond donors (Lipinski definition) is 1. The van der Waals surface area contributed by atoms with E-state index in [0.717, 1.165) is 27.6 Å². The Hall–Kier alpha value is -2.70. The lowest BCUT2D eigenvalue weighted by molar-refractivity contribution is 0.0940. The highest BCUT2D eigenvalue weighted by Crippen LogP contribution is 2.47. The number of thioether (sulfide) groups is 1. The second-order valence-electron chi connectivity index (χ2n) is 8.10. The predicted octanol–water partition coefficient (Wildman–Crippen LogP) is 5.34. The summed E-state index contributed by atoms with van der Waals surface area (Å²) in [6.07, 6.45) is 0.481. The molecule has 1 unspecified atom stereocenters. The lowest BCUT2D eigenvalue weighted by atomic mass is 10.0. The van der Waals surface area contributed by atoms with Crippen molar-refractivity contribution in [2.75, 3.05) is 7.11 Å². The molecule has 4 rings (SSSR count). The Morgan fingerprint density at radius 2 is 1.97 bits per heavy atom. The third-order valence-electron chi connectivity index (χ3n) is 5.44. The van der Waals surface area contributed by atoms with E-state index in [1.807, 2.05) is 67.8 Å². The number of ether oxygens (including phenoxy) is 1. The first kappa shape index (κ1) is 22.5. The number of carbonyl (C=O) groups is 1. The molecular formula is C25H25ClN2O3S. The summed E-state index contributed by atoms with van der Waals surface area (Å²) in [5.74, 6) is 0.417. The molecule has 1 amide bonds. The molecule has 1 aromatic heterocycles. The van der Waals surface area contributed by atoms with Crippen LogP contribution in [0.15, 0.2) is 58.2 Å². The third kappa shape index (κ3) is 4.17. The van der Waals surface area contributed by atoms with Gasteiger partial charge >= 0.3 is 0 Å². The smallest absolute Gasteiger partial charge is 0.257 e. The zero-order valence-corrected chi connectivity index (χ0v) is 20.0. The number of fused-ring (bicyclic) bond motifs is 3. The largest absolute Gasteiger partial charge is 0.496 e. The van der Waals surface area contributed by atoms with Crippen molar-refractivity contribution in [1.29, 1.82) is 0 Å². The fourth-order valence-electron chi connectivity index (χ4n) is 4.14. The Balaban J connectivity index is 2.01. The van der Waals surface area contributed by atoms with Crippen molar-refractivity contribution in [2.45, 2.75) is 43.4 Å². The van der Waals surface area contributed by atoms with Gasteiger partial charge in [0.2, 0.25) is 0 Å². The van der Waals surface area contributed by atoms with Gasteiger partial charge in [-0.2, -0.15) is 0 Å². The second-order valence-corrected chi connectivity index (χ2v) is 9.78. The van der Waals surface area contributed by atoms with Crippen molar-refractivity contribution < 1.29 is 9.53 Å². The first-order valence-electron chi connectivity index (χ1n) is 10.5. The minimum absolute atomic E-state index is 0.0797. The summed E-state index contributed by atoms with van der Waals surface area (Å²) in [6.45, 7) is 5.65. The zero-order chi connectivity index (χ0) is 23.0. The maximum absolute atomic E-state index is 13.1. The Bertz CT molecular complexity index is 1250. The van der Waals surface area contributed by atoms with E-state index < -0.39 is 0 Å². The van der Waals surface area contributed by atoms with Gasteiger partial charge in [0, 0.05) is 50.6 Å². The number of rotatable bonds is 4. The van der Waals surface area contributed by atoms with Gasteiger partial charge in [-0.25, -0.2) is 0 Å². The highest BCUT2D eigenvalue weighted by molar-refractivity contribution is 7.99. The van der Waals surface area contributed by atoms with E-state index in [-0.39, 0.29) is 28.2 Å². The fourth-order valence-corrected chi connectivity index (χ4v) is 5.72. The third-order valence-corrected chi connectivity index (χ3v) is 6.96. The van der Waals surface area contributed by atoms with Crippen LogP contribution in [-0.2, 0) is 6.42 Å². The molecule has 0 spiro atoms. The minimum Gasteiger partial charge on any atom is -0.496 e. The van der Waals surface area contributed by atoms with E-state index in [1.54, 1.807) is 18.9 Å². The van der Waals surface area contributed by atoms with E-state index in [4.69, 9.17) is 16.3 Å². The number of aryl methyl sites for hydroxylation is 1. The Morgan fingerprint density at radius 3 is 2.69 bits per heavy atom. The number of nitrogens with one attached hydrogen (secondary N) is 1. The molecule has 1 aliphatic rings. The summed E-state index contributed by atoms with van der Waals surface area (Å²) in [5.41, 5.74) is 3.29. The highest BCUT2D eigenvalue weighted by atomic mass is 35.5. The van der Waals surface area contributed by atoms with Gasteiger partial charge < -0.3 is 14.6 Å². The number of amides is 1.